The molecule has 6 nitrogen and oxygen atoms in total. The summed E-state index contributed by atoms with van der Waals surface area (Å²) in [6.07, 6.45) is 2.35. The van der Waals surface area contributed by atoms with Crippen molar-refractivity contribution < 1.29 is 4.39 Å². The zero-order chi connectivity index (χ0) is 20.2. The maximum absolute atomic E-state index is 14.1. The molecule has 3 N–H and O–H groups in total. The quantitative estimate of drug-likeness (QED) is 0.557. The van der Waals surface area contributed by atoms with Crippen molar-refractivity contribution in [2.24, 2.45) is 0 Å². The lowest BCUT2D eigenvalue weighted by Gasteiger charge is -2.30. The van der Waals surface area contributed by atoms with Crippen molar-refractivity contribution in [3.63, 3.8) is 0 Å². The van der Waals surface area contributed by atoms with Crippen molar-refractivity contribution >= 4 is 23.1 Å². The van der Waals surface area contributed by atoms with Crippen LogP contribution in [0.2, 0.25) is 0 Å². The first-order valence-electron chi connectivity index (χ1n) is 9.82. The summed E-state index contributed by atoms with van der Waals surface area (Å²) in [5.41, 5.74) is 2.53. The first-order chi connectivity index (χ1) is 14.1. The van der Waals surface area contributed by atoms with E-state index in [0.29, 0.717) is 11.6 Å². The van der Waals surface area contributed by atoms with Gasteiger partial charge in [0.15, 0.2) is 12.1 Å². The molecule has 0 saturated heterocycles. The maximum atomic E-state index is 14.1. The maximum Gasteiger partial charge on any atom is 0.224 e. The Morgan fingerprint density at radius 3 is 2.62 bits per heavy atom. The Balaban J connectivity index is 1.48. The second-order valence-corrected chi connectivity index (χ2v) is 7.27. The van der Waals surface area contributed by atoms with Gasteiger partial charge in [-0.3, -0.25) is 0 Å². The number of fused-ring (bicyclic) bond motifs is 1. The van der Waals surface area contributed by atoms with Gasteiger partial charge in [-0.2, -0.15) is 4.98 Å². The summed E-state index contributed by atoms with van der Waals surface area (Å²) in [7, 11) is 0. The van der Waals surface area contributed by atoms with Crippen LogP contribution in [0.25, 0.3) is 0 Å². The van der Waals surface area contributed by atoms with E-state index in [2.05, 4.69) is 51.8 Å². The number of nitrogens with one attached hydrogen (secondary N) is 3. The minimum Gasteiger partial charge on any atom is -0.354 e. The number of nitrogens with zero attached hydrogens (tertiary/aromatic N) is 3. The number of halogens is 1. The third-order valence-electron chi connectivity index (χ3n) is 4.85. The van der Waals surface area contributed by atoms with Gasteiger partial charge in [0.2, 0.25) is 5.95 Å². The number of hydrogen-bond donors (Lipinski definition) is 3. The molecule has 1 aliphatic heterocycles. The Labute approximate surface area is 170 Å². The van der Waals surface area contributed by atoms with Gasteiger partial charge in [-0.25, -0.2) is 9.37 Å². The van der Waals surface area contributed by atoms with Crippen LogP contribution in [0.15, 0.2) is 60.8 Å². The molecular formula is C22H25FN6. The Morgan fingerprint density at radius 1 is 1.10 bits per heavy atom. The summed E-state index contributed by atoms with van der Waals surface area (Å²) in [5, 5.41) is 9.87. The van der Waals surface area contributed by atoms with Crippen LogP contribution in [-0.4, -0.2) is 28.8 Å². The first-order valence-corrected chi connectivity index (χ1v) is 9.82. The number of hydrogen-bond acceptors (Lipinski definition) is 6. The van der Waals surface area contributed by atoms with E-state index < -0.39 is 0 Å². The average Bonchev–Trinajstić information content (AvgIpc) is 3.08. The highest BCUT2D eigenvalue weighted by Crippen LogP contribution is 2.35. The highest BCUT2D eigenvalue weighted by molar-refractivity contribution is 5.74. The molecule has 2 aromatic carbocycles. The summed E-state index contributed by atoms with van der Waals surface area (Å²) in [5.74, 6) is 1.09. The largest absolute Gasteiger partial charge is 0.354 e. The average molecular weight is 392 g/mol. The fourth-order valence-corrected chi connectivity index (χ4v) is 3.43. The molecule has 7 heteroatoms. The van der Waals surface area contributed by atoms with Gasteiger partial charge < -0.3 is 20.9 Å². The normalized spacial score (nSPS) is 15.2. The third kappa shape index (κ3) is 4.23. The van der Waals surface area contributed by atoms with Crippen LogP contribution >= 0.6 is 0 Å². The monoisotopic (exact) mass is 392 g/mol. The molecule has 4 rings (SSSR count). The number of rotatable bonds is 7. The zero-order valence-corrected chi connectivity index (χ0v) is 16.6. The van der Waals surface area contributed by atoms with Gasteiger partial charge in [-0.05, 0) is 38.0 Å². The van der Waals surface area contributed by atoms with Crippen LogP contribution in [-0.2, 0) is 6.42 Å². The predicted octanol–water partition coefficient (Wildman–Crippen LogP) is 4.31. The number of para-hydroxylation sites is 1. The summed E-state index contributed by atoms with van der Waals surface area (Å²) in [6.45, 7) is 4.91. The van der Waals surface area contributed by atoms with Gasteiger partial charge in [0.05, 0.1) is 17.6 Å². The molecule has 0 amide bonds. The van der Waals surface area contributed by atoms with Crippen molar-refractivity contribution in [2.45, 2.75) is 32.6 Å². The second-order valence-electron chi connectivity index (χ2n) is 7.27. The Hall–Kier alpha value is -3.35. The first kappa shape index (κ1) is 19.0. The summed E-state index contributed by atoms with van der Waals surface area (Å²) in [6, 6.07) is 17.1. The van der Waals surface area contributed by atoms with E-state index in [9.17, 15) is 4.39 Å². The number of benzene rings is 2. The molecule has 1 aliphatic rings. The van der Waals surface area contributed by atoms with Crippen LogP contribution in [0, 0.1) is 5.82 Å². The Morgan fingerprint density at radius 2 is 1.86 bits per heavy atom. The predicted molar refractivity (Wildman–Crippen MR) is 116 cm³/mol. The molecule has 1 aromatic heterocycles. The van der Waals surface area contributed by atoms with Crippen LogP contribution < -0.4 is 20.9 Å². The van der Waals surface area contributed by atoms with Crippen LogP contribution in [0.3, 0.4) is 0 Å². The lowest BCUT2D eigenvalue weighted by molar-refractivity contribution is 0.612. The van der Waals surface area contributed by atoms with E-state index in [4.69, 9.17) is 4.98 Å². The highest BCUT2D eigenvalue weighted by Gasteiger charge is 2.33. The fraction of sp³-hybridized carbons (Fsp3) is 0.273. The molecule has 0 saturated carbocycles. The third-order valence-corrected chi connectivity index (χ3v) is 4.85. The van der Waals surface area contributed by atoms with E-state index in [1.54, 1.807) is 18.3 Å². The van der Waals surface area contributed by atoms with Crippen LogP contribution in [0.5, 0.6) is 0 Å². The van der Waals surface area contributed by atoms with E-state index in [1.165, 1.54) is 11.6 Å². The van der Waals surface area contributed by atoms with Crippen molar-refractivity contribution in [3.05, 3.63) is 72.2 Å². The molecule has 0 spiro atoms. The van der Waals surface area contributed by atoms with Gasteiger partial charge in [0.1, 0.15) is 5.82 Å². The van der Waals surface area contributed by atoms with Gasteiger partial charge >= 0.3 is 0 Å². The molecule has 150 valence electrons. The van der Waals surface area contributed by atoms with E-state index in [0.717, 1.165) is 24.5 Å². The smallest absolute Gasteiger partial charge is 0.224 e. The SMILES string of the molecule is CC(C)N1c2nc(NCCc3ccccc3)ncc2NC1Nc1ccccc1F. The molecule has 29 heavy (non-hydrogen) atoms. The Kier molecular flexibility index (Phi) is 5.46. The molecule has 0 bridgehead atoms. The van der Waals surface area contributed by atoms with Gasteiger partial charge in [0.25, 0.3) is 0 Å². The molecule has 0 radical (unpaired) electrons. The Bertz CT molecular complexity index is 963. The standard InChI is InChI=1S/C22H25FN6/c1-15(2)29-20-19(27-22(29)26-18-11-7-6-10-17(18)23)14-25-21(28-20)24-13-12-16-8-4-3-5-9-16/h3-11,14-15,22,26-27H,12-13H2,1-2H3,(H,24,25,28). The van der Waals surface area contributed by atoms with E-state index in [-0.39, 0.29) is 18.1 Å². The van der Waals surface area contributed by atoms with E-state index >= 15 is 0 Å². The van der Waals surface area contributed by atoms with E-state index in [1.807, 2.05) is 24.3 Å². The highest BCUT2D eigenvalue weighted by atomic mass is 19.1. The van der Waals surface area contributed by atoms with Crippen LogP contribution in [0.1, 0.15) is 19.4 Å². The molecule has 1 atom stereocenters. The molecule has 0 aliphatic carbocycles. The number of aromatic nitrogens is 2. The summed E-state index contributed by atoms with van der Waals surface area (Å²) >= 11 is 0. The molecular weight excluding hydrogens is 367 g/mol. The minimum absolute atomic E-state index is 0.153. The van der Waals surface area contributed by atoms with Crippen molar-refractivity contribution in [3.8, 4) is 0 Å². The lowest BCUT2D eigenvalue weighted by atomic mass is 10.1. The van der Waals surface area contributed by atoms with Crippen molar-refractivity contribution in [2.75, 3.05) is 27.4 Å². The molecule has 2 heterocycles. The minimum atomic E-state index is -0.309. The fourth-order valence-electron chi connectivity index (χ4n) is 3.43. The van der Waals surface area contributed by atoms with Gasteiger partial charge in [0, 0.05) is 12.6 Å². The zero-order valence-electron chi connectivity index (χ0n) is 16.6. The lowest BCUT2D eigenvalue weighted by Crippen LogP contribution is -2.46. The molecule has 1 unspecified atom stereocenters. The molecule has 3 aromatic rings. The van der Waals surface area contributed by atoms with Crippen LogP contribution in [0.4, 0.5) is 27.5 Å². The number of anilines is 4. The van der Waals surface area contributed by atoms with Crippen molar-refractivity contribution in [1.29, 1.82) is 0 Å². The van der Waals surface area contributed by atoms with Gasteiger partial charge in [-0.15, -0.1) is 0 Å². The molecule has 0 fully saturated rings. The summed E-state index contributed by atoms with van der Waals surface area (Å²) < 4.78 is 14.1. The summed E-state index contributed by atoms with van der Waals surface area (Å²) in [4.78, 5) is 11.2. The van der Waals surface area contributed by atoms with Crippen molar-refractivity contribution in [1.82, 2.24) is 9.97 Å². The second kappa shape index (κ2) is 8.34. The van der Waals surface area contributed by atoms with Gasteiger partial charge in [-0.1, -0.05) is 42.5 Å². The topological polar surface area (TPSA) is 65.1 Å².